The Morgan fingerprint density at radius 2 is 1.79 bits per heavy atom. The van der Waals surface area contributed by atoms with Crippen molar-refractivity contribution in [3.8, 4) is 0 Å². The van der Waals surface area contributed by atoms with E-state index in [-0.39, 0.29) is 6.42 Å². The molecule has 0 aromatic heterocycles. The Kier molecular flexibility index (Phi) is 7.43. The summed E-state index contributed by atoms with van der Waals surface area (Å²) in [5.74, 6) is -1.26. The predicted octanol–water partition coefficient (Wildman–Crippen LogP) is 1.51. The molecule has 3 unspecified atom stereocenters. The van der Waals surface area contributed by atoms with Crippen LogP contribution in [-0.4, -0.2) is 33.9 Å². The summed E-state index contributed by atoms with van der Waals surface area (Å²) in [6, 6.07) is 0. The lowest BCUT2D eigenvalue weighted by molar-refractivity contribution is -0.146. The minimum Gasteiger partial charge on any atom is -0.469 e. The van der Waals surface area contributed by atoms with Crippen LogP contribution >= 0.6 is 15.4 Å². The van der Waals surface area contributed by atoms with E-state index in [1.54, 1.807) is 13.8 Å². The van der Waals surface area contributed by atoms with Crippen LogP contribution in [-0.2, 0) is 23.0 Å². The molecule has 0 aliphatic carbocycles. The van der Waals surface area contributed by atoms with Gasteiger partial charge in [0.1, 0.15) is 0 Å². The third-order valence-electron chi connectivity index (χ3n) is 2.49. The fourth-order valence-electron chi connectivity index (χ4n) is 1.75. The summed E-state index contributed by atoms with van der Waals surface area (Å²) < 4.78 is 30.4. The van der Waals surface area contributed by atoms with Crippen LogP contribution in [0.2, 0.25) is 0 Å². The van der Waals surface area contributed by atoms with E-state index in [1.807, 2.05) is 0 Å². The maximum Gasteiger partial charge on any atom is 0.476 e. The van der Waals surface area contributed by atoms with E-state index in [0.29, 0.717) is 6.42 Å². The summed E-state index contributed by atoms with van der Waals surface area (Å²) in [6.07, 6.45) is 0.343. The van der Waals surface area contributed by atoms with Gasteiger partial charge in [-0.05, 0) is 18.8 Å². The quantitative estimate of drug-likeness (QED) is 0.453. The van der Waals surface area contributed by atoms with Crippen LogP contribution in [0, 0.1) is 11.8 Å². The SMILES string of the molecule is CCC(CC(C)CP(=O)(O)OP(=O)(O)O)C(=O)OC. The Bertz CT molecular complexity index is 390. The Morgan fingerprint density at radius 1 is 1.26 bits per heavy atom. The van der Waals surface area contributed by atoms with Gasteiger partial charge in [0.2, 0.25) is 0 Å². The highest BCUT2D eigenvalue weighted by Gasteiger charge is 2.33. The zero-order valence-corrected chi connectivity index (χ0v) is 12.8. The second kappa shape index (κ2) is 7.53. The van der Waals surface area contributed by atoms with Crippen molar-refractivity contribution < 1.29 is 37.7 Å². The van der Waals surface area contributed by atoms with Crippen LogP contribution in [0.5, 0.6) is 0 Å². The van der Waals surface area contributed by atoms with E-state index in [1.165, 1.54) is 7.11 Å². The van der Waals surface area contributed by atoms with E-state index in [0.717, 1.165) is 0 Å². The number of hydrogen-bond acceptors (Lipinski definition) is 5. The zero-order valence-electron chi connectivity index (χ0n) is 11.1. The van der Waals surface area contributed by atoms with Crippen LogP contribution in [0.3, 0.4) is 0 Å². The molecule has 3 atom stereocenters. The molecular weight excluding hydrogens is 298 g/mol. The minimum atomic E-state index is -5.01. The molecule has 19 heavy (non-hydrogen) atoms. The van der Waals surface area contributed by atoms with Gasteiger partial charge in [-0.2, -0.15) is 0 Å². The average molecular weight is 318 g/mol. The number of esters is 1. The third-order valence-corrected chi connectivity index (χ3v) is 5.45. The molecule has 0 spiro atoms. The first-order valence-electron chi connectivity index (χ1n) is 5.67. The van der Waals surface area contributed by atoms with E-state index < -0.39 is 39.4 Å². The maximum absolute atomic E-state index is 11.5. The molecule has 3 N–H and O–H groups in total. The van der Waals surface area contributed by atoms with E-state index in [4.69, 9.17) is 9.79 Å². The average Bonchev–Trinajstić information content (AvgIpc) is 2.20. The Balaban J connectivity index is 4.52. The molecule has 0 saturated heterocycles. The number of methoxy groups -OCH3 is 1. The topological polar surface area (TPSA) is 130 Å². The van der Waals surface area contributed by atoms with Gasteiger partial charge < -0.3 is 19.4 Å². The zero-order chi connectivity index (χ0) is 15.3. The molecule has 0 amide bonds. The van der Waals surface area contributed by atoms with Gasteiger partial charge in [-0.3, -0.25) is 9.36 Å². The molecule has 0 aliphatic rings. The van der Waals surface area contributed by atoms with Crippen molar-refractivity contribution >= 4 is 21.4 Å². The molecule has 0 rings (SSSR count). The van der Waals surface area contributed by atoms with Gasteiger partial charge >= 0.3 is 21.4 Å². The molecule has 0 aromatic carbocycles. The van der Waals surface area contributed by atoms with Crippen molar-refractivity contribution in [1.29, 1.82) is 0 Å². The van der Waals surface area contributed by atoms with Gasteiger partial charge in [-0.1, -0.05) is 13.8 Å². The highest BCUT2D eigenvalue weighted by molar-refractivity contribution is 7.63. The van der Waals surface area contributed by atoms with Crippen LogP contribution in [0.4, 0.5) is 0 Å². The summed E-state index contributed by atoms with van der Waals surface area (Å²) in [7, 11) is -8.15. The number of hydrogen-bond donors (Lipinski definition) is 3. The molecule has 0 fully saturated rings. The van der Waals surface area contributed by atoms with Gasteiger partial charge in [0.15, 0.2) is 0 Å². The molecule has 114 valence electrons. The highest BCUT2D eigenvalue weighted by atomic mass is 31.3. The molecule has 0 saturated carbocycles. The molecule has 8 nitrogen and oxygen atoms in total. The fourth-order valence-corrected chi connectivity index (χ4v) is 4.28. The van der Waals surface area contributed by atoms with Gasteiger partial charge in [-0.25, -0.2) is 8.88 Å². The largest absolute Gasteiger partial charge is 0.476 e. The number of carbonyl (C=O) groups is 1. The summed E-state index contributed by atoms with van der Waals surface area (Å²) in [6.45, 7) is 3.37. The van der Waals surface area contributed by atoms with Gasteiger partial charge in [0, 0.05) is 0 Å². The lowest BCUT2D eigenvalue weighted by Crippen LogP contribution is -2.19. The summed E-state index contributed by atoms with van der Waals surface area (Å²) in [5, 5.41) is 0. The molecule has 0 radical (unpaired) electrons. The third kappa shape index (κ3) is 8.52. The van der Waals surface area contributed by atoms with Gasteiger partial charge in [0.05, 0.1) is 19.2 Å². The van der Waals surface area contributed by atoms with Gasteiger partial charge in [-0.15, -0.1) is 0 Å². The van der Waals surface area contributed by atoms with Crippen molar-refractivity contribution in [2.75, 3.05) is 13.3 Å². The normalized spacial score (nSPS) is 18.4. The van der Waals surface area contributed by atoms with Crippen molar-refractivity contribution in [2.45, 2.75) is 26.7 Å². The number of rotatable bonds is 8. The summed E-state index contributed by atoms with van der Waals surface area (Å²) in [4.78, 5) is 37.7. The minimum absolute atomic E-state index is 0.276. The Labute approximate surface area is 111 Å². The molecule has 0 aliphatic heterocycles. The first-order chi connectivity index (χ1) is 8.50. The molecular formula is C9H20O8P2. The second-order valence-corrected chi connectivity index (χ2v) is 7.64. The molecule has 0 bridgehead atoms. The van der Waals surface area contributed by atoms with Crippen molar-refractivity contribution in [2.24, 2.45) is 11.8 Å². The number of ether oxygens (including phenoxy) is 1. The number of carbonyl (C=O) groups excluding carboxylic acids is 1. The first-order valence-corrected chi connectivity index (χ1v) is 8.96. The van der Waals surface area contributed by atoms with Crippen molar-refractivity contribution in [3.63, 3.8) is 0 Å². The smallest absolute Gasteiger partial charge is 0.469 e. The Hall–Kier alpha value is -0.230. The first kappa shape index (κ1) is 18.8. The van der Waals surface area contributed by atoms with Crippen LogP contribution in [0.25, 0.3) is 0 Å². The Morgan fingerprint density at radius 3 is 2.16 bits per heavy atom. The fraction of sp³-hybridized carbons (Fsp3) is 0.889. The number of phosphoric acid groups is 1. The van der Waals surface area contributed by atoms with Crippen LogP contribution < -0.4 is 0 Å². The standard InChI is InChI=1S/C9H20O8P2/c1-4-8(9(10)16-3)5-7(2)6-18(11,12)17-19(13,14)15/h7-8H,4-6H2,1-3H3,(H,11,12)(H2,13,14,15). The van der Waals surface area contributed by atoms with Crippen molar-refractivity contribution in [3.05, 3.63) is 0 Å². The lowest BCUT2D eigenvalue weighted by atomic mass is 9.95. The molecule has 10 heteroatoms. The molecule has 0 heterocycles. The predicted molar refractivity (Wildman–Crippen MR) is 67.4 cm³/mol. The van der Waals surface area contributed by atoms with Gasteiger partial charge in [0.25, 0.3) is 0 Å². The summed E-state index contributed by atoms with van der Waals surface area (Å²) in [5.41, 5.74) is 0. The lowest BCUT2D eigenvalue weighted by Gasteiger charge is -2.20. The van der Waals surface area contributed by atoms with Crippen LogP contribution in [0.1, 0.15) is 26.7 Å². The van der Waals surface area contributed by atoms with E-state index in [9.17, 15) is 18.8 Å². The molecule has 0 aromatic rings. The second-order valence-electron chi connectivity index (χ2n) is 4.36. The van der Waals surface area contributed by atoms with E-state index >= 15 is 0 Å². The maximum atomic E-state index is 11.5. The highest BCUT2D eigenvalue weighted by Crippen LogP contribution is 2.57. The monoisotopic (exact) mass is 318 g/mol. The van der Waals surface area contributed by atoms with E-state index in [2.05, 4.69) is 9.05 Å². The summed E-state index contributed by atoms with van der Waals surface area (Å²) >= 11 is 0. The van der Waals surface area contributed by atoms with Crippen LogP contribution in [0.15, 0.2) is 0 Å². The van der Waals surface area contributed by atoms with Crippen molar-refractivity contribution in [1.82, 2.24) is 0 Å².